The highest BCUT2D eigenvalue weighted by Gasteiger charge is 2.09. The zero-order valence-electron chi connectivity index (χ0n) is 9.44. The summed E-state index contributed by atoms with van der Waals surface area (Å²) in [6, 6.07) is 4.52. The molecule has 0 fully saturated rings. The number of hydrogen-bond donors (Lipinski definition) is 1. The molecular weight excluding hydrogens is 223 g/mol. The Morgan fingerprint density at radius 2 is 2.29 bits per heavy atom. The van der Waals surface area contributed by atoms with E-state index < -0.39 is 5.82 Å². The van der Waals surface area contributed by atoms with Gasteiger partial charge in [-0.25, -0.2) is 9.37 Å². The Bertz CT molecular complexity index is 511. The van der Waals surface area contributed by atoms with Crippen LogP contribution in [-0.2, 0) is 6.42 Å². The summed E-state index contributed by atoms with van der Waals surface area (Å²) in [7, 11) is 1.42. The van der Waals surface area contributed by atoms with Gasteiger partial charge in [0.25, 0.3) is 0 Å². The molecule has 0 radical (unpaired) electrons. The van der Waals surface area contributed by atoms with Crippen molar-refractivity contribution in [1.29, 1.82) is 0 Å². The first kappa shape index (κ1) is 11.6. The average molecular weight is 236 g/mol. The van der Waals surface area contributed by atoms with E-state index in [0.717, 1.165) is 5.56 Å². The molecule has 17 heavy (non-hydrogen) atoms. The fraction of sp³-hybridized carbons (Fsp3) is 0.250. The van der Waals surface area contributed by atoms with Crippen molar-refractivity contribution in [1.82, 2.24) is 4.98 Å². The largest absolute Gasteiger partial charge is 0.494 e. The minimum absolute atomic E-state index is 0.180. The molecule has 0 aliphatic heterocycles. The Morgan fingerprint density at radius 1 is 1.47 bits per heavy atom. The average Bonchev–Trinajstić information content (AvgIpc) is 2.79. The maximum Gasteiger partial charge on any atom is 0.196 e. The van der Waals surface area contributed by atoms with Crippen LogP contribution in [0.2, 0.25) is 0 Å². The van der Waals surface area contributed by atoms with E-state index in [2.05, 4.69) is 4.98 Å². The molecule has 1 heterocycles. The predicted octanol–water partition coefficient (Wildman–Crippen LogP) is 1.99. The van der Waals surface area contributed by atoms with Crippen LogP contribution in [0.25, 0.3) is 11.3 Å². The molecular formula is C12H13FN2O2. The van der Waals surface area contributed by atoms with Gasteiger partial charge >= 0.3 is 0 Å². The number of hydrogen-bond acceptors (Lipinski definition) is 4. The van der Waals surface area contributed by atoms with Crippen LogP contribution in [-0.4, -0.2) is 18.6 Å². The fourth-order valence-electron chi connectivity index (χ4n) is 1.50. The second kappa shape index (κ2) is 4.97. The van der Waals surface area contributed by atoms with Crippen LogP contribution < -0.4 is 10.5 Å². The Balaban J connectivity index is 2.32. The molecule has 0 spiro atoms. The SMILES string of the molecule is COc1cc(-c2cnc(CCN)o2)ccc1F. The Morgan fingerprint density at radius 3 is 3.00 bits per heavy atom. The minimum Gasteiger partial charge on any atom is -0.494 e. The summed E-state index contributed by atoms with van der Waals surface area (Å²) in [6.07, 6.45) is 2.18. The molecule has 1 aromatic carbocycles. The van der Waals surface area contributed by atoms with Crippen molar-refractivity contribution in [2.45, 2.75) is 6.42 Å². The lowest BCUT2D eigenvalue weighted by atomic mass is 10.2. The molecule has 0 saturated carbocycles. The molecule has 4 nitrogen and oxygen atoms in total. The zero-order chi connectivity index (χ0) is 12.3. The van der Waals surface area contributed by atoms with Gasteiger partial charge in [0.15, 0.2) is 23.2 Å². The van der Waals surface area contributed by atoms with Gasteiger partial charge in [-0.15, -0.1) is 0 Å². The van der Waals surface area contributed by atoms with Crippen molar-refractivity contribution < 1.29 is 13.5 Å². The number of benzene rings is 1. The lowest BCUT2D eigenvalue weighted by molar-refractivity contribution is 0.386. The van der Waals surface area contributed by atoms with Gasteiger partial charge in [0.05, 0.1) is 13.3 Å². The number of ether oxygens (including phenoxy) is 1. The third-order valence-corrected chi connectivity index (χ3v) is 2.35. The second-order valence-corrected chi connectivity index (χ2v) is 3.51. The molecule has 0 unspecified atom stereocenters. The van der Waals surface area contributed by atoms with E-state index in [4.69, 9.17) is 14.9 Å². The first-order chi connectivity index (χ1) is 8.24. The van der Waals surface area contributed by atoms with E-state index >= 15 is 0 Å². The number of aromatic nitrogens is 1. The molecule has 2 N–H and O–H groups in total. The molecule has 1 aromatic heterocycles. The summed E-state index contributed by atoms with van der Waals surface area (Å²) in [4.78, 5) is 4.08. The van der Waals surface area contributed by atoms with Crippen LogP contribution in [0.3, 0.4) is 0 Å². The van der Waals surface area contributed by atoms with Crippen molar-refractivity contribution in [3.05, 3.63) is 36.1 Å². The van der Waals surface area contributed by atoms with E-state index in [0.29, 0.717) is 24.6 Å². The van der Waals surface area contributed by atoms with E-state index in [1.165, 1.54) is 13.2 Å². The molecule has 0 aliphatic carbocycles. The van der Waals surface area contributed by atoms with Crippen molar-refractivity contribution in [2.75, 3.05) is 13.7 Å². The van der Waals surface area contributed by atoms with Crippen LogP contribution in [0.15, 0.2) is 28.8 Å². The first-order valence-electron chi connectivity index (χ1n) is 5.23. The van der Waals surface area contributed by atoms with Crippen LogP contribution in [0.4, 0.5) is 4.39 Å². The fourth-order valence-corrected chi connectivity index (χ4v) is 1.50. The van der Waals surface area contributed by atoms with Gasteiger partial charge in [0.1, 0.15) is 0 Å². The third kappa shape index (κ3) is 2.45. The maximum atomic E-state index is 13.2. The zero-order valence-corrected chi connectivity index (χ0v) is 9.44. The Labute approximate surface area is 98.2 Å². The number of methoxy groups -OCH3 is 1. The van der Waals surface area contributed by atoms with E-state index in [-0.39, 0.29) is 5.75 Å². The van der Waals surface area contributed by atoms with E-state index in [1.807, 2.05) is 0 Å². The highest BCUT2D eigenvalue weighted by atomic mass is 19.1. The normalized spacial score (nSPS) is 10.5. The topological polar surface area (TPSA) is 61.3 Å². The van der Waals surface area contributed by atoms with Gasteiger partial charge in [-0.2, -0.15) is 0 Å². The number of nitrogens with zero attached hydrogens (tertiary/aromatic N) is 1. The summed E-state index contributed by atoms with van der Waals surface area (Å²) in [6.45, 7) is 0.479. The highest BCUT2D eigenvalue weighted by Crippen LogP contribution is 2.26. The van der Waals surface area contributed by atoms with Gasteiger partial charge in [0.2, 0.25) is 0 Å². The molecule has 0 atom stereocenters. The van der Waals surface area contributed by atoms with Crippen LogP contribution in [0.5, 0.6) is 5.75 Å². The number of halogens is 1. The predicted molar refractivity (Wildman–Crippen MR) is 61.2 cm³/mol. The summed E-state index contributed by atoms with van der Waals surface area (Å²) in [5.74, 6) is 0.926. The number of oxazole rings is 1. The standard InChI is InChI=1S/C12H13FN2O2/c1-16-10-6-8(2-3-9(10)13)11-7-15-12(17-11)4-5-14/h2-3,6-7H,4-5,14H2,1H3. The maximum absolute atomic E-state index is 13.2. The lowest BCUT2D eigenvalue weighted by Crippen LogP contribution is -2.02. The molecule has 0 saturated heterocycles. The van der Waals surface area contributed by atoms with Crippen molar-refractivity contribution in [3.8, 4) is 17.1 Å². The molecule has 0 aliphatic rings. The summed E-state index contributed by atoms with van der Waals surface area (Å²) in [5.41, 5.74) is 6.13. The van der Waals surface area contributed by atoms with Crippen molar-refractivity contribution in [2.24, 2.45) is 5.73 Å². The number of nitrogens with two attached hydrogens (primary N) is 1. The van der Waals surface area contributed by atoms with Crippen molar-refractivity contribution >= 4 is 0 Å². The summed E-state index contributed by atoms with van der Waals surface area (Å²) >= 11 is 0. The van der Waals surface area contributed by atoms with Crippen LogP contribution in [0.1, 0.15) is 5.89 Å². The summed E-state index contributed by atoms with van der Waals surface area (Å²) < 4.78 is 23.6. The first-order valence-corrected chi connectivity index (χ1v) is 5.23. The van der Waals surface area contributed by atoms with Crippen molar-refractivity contribution in [3.63, 3.8) is 0 Å². The molecule has 2 rings (SSSR count). The van der Waals surface area contributed by atoms with Crippen LogP contribution >= 0.6 is 0 Å². The molecule has 0 bridgehead atoms. The minimum atomic E-state index is -0.405. The third-order valence-electron chi connectivity index (χ3n) is 2.35. The molecule has 90 valence electrons. The van der Waals surface area contributed by atoms with Gasteiger partial charge in [0, 0.05) is 18.5 Å². The van der Waals surface area contributed by atoms with E-state index in [1.54, 1.807) is 18.3 Å². The van der Waals surface area contributed by atoms with Gasteiger partial charge in [-0.1, -0.05) is 0 Å². The van der Waals surface area contributed by atoms with Crippen LogP contribution in [0, 0.1) is 5.82 Å². The summed E-state index contributed by atoms with van der Waals surface area (Å²) in [5, 5.41) is 0. The smallest absolute Gasteiger partial charge is 0.196 e. The number of rotatable bonds is 4. The Hall–Kier alpha value is -1.88. The highest BCUT2D eigenvalue weighted by molar-refractivity contribution is 5.59. The molecule has 2 aromatic rings. The van der Waals surface area contributed by atoms with E-state index in [9.17, 15) is 4.39 Å². The Kier molecular flexibility index (Phi) is 3.39. The lowest BCUT2D eigenvalue weighted by Gasteiger charge is -2.03. The monoisotopic (exact) mass is 236 g/mol. The van der Waals surface area contributed by atoms with Gasteiger partial charge in [-0.3, -0.25) is 0 Å². The van der Waals surface area contributed by atoms with Gasteiger partial charge < -0.3 is 14.9 Å². The quantitative estimate of drug-likeness (QED) is 0.881. The molecule has 5 heteroatoms. The van der Waals surface area contributed by atoms with Gasteiger partial charge in [-0.05, 0) is 18.2 Å². The molecule has 0 amide bonds. The second-order valence-electron chi connectivity index (χ2n) is 3.51.